The van der Waals surface area contributed by atoms with Crippen molar-refractivity contribution in [2.45, 2.75) is 52.1 Å². The third-order valence-corrected chi connectivity index (χ3v) is 3.47. The second kappa shape index (κ2) is 8.54. The highest BCUT2D eigenvalue weighted by molar-refractivity contribution is 5.74. The van der Waals surface area contributed by atoms with Gasteiger partial charge in [0.15, 0.2) is 0 Å². The molecule has 0 aliphatic heterocycles. The van der Waals surface area contributed by atoms with E-state index in [2.05, 4.69) is 5.32 Å². The summed E-state index contributed by atoms with van der Waals surface area (Å²) >= 11 is 0. The van der Waals surface area contributed by atoms with Crippen LogP contribution in [-0.4, -0.2) is 34.2 Å². The lowest BCUT2D eigenvalue weighted by molar-refractivity contribution is -0.142. The lowest BCUT2D eigenvalue weighted by atomic mass is 9.98. The van der Waals surface area contributed by atoms with Crippen LogP contribution in [0.25, 0.3) is 0 Å². The topological polar surface area (TPSA) is 86.6 Å². The molecule has 1 unspecified atom stereocenters. The zero-order chi connectivity index (χ0) is 16.7. The normalized spacial score (nSPS) is 13.8. The van der Waals surface area contributed by atoms with E-state index in [0.29, 0.717) is 12.8 Å². The van der Waals surface area contributed by atoms with Crippen molar-refractivity contribution in [1.82, 2.24) is 5.32 Å². The first-order valence-electron chi connectivity index (χ1n) is 7.54. The Balaban J connectivity index is 2.79. The minimum atomic E-state index is -0.937. The summed E-state index contributed by atoms with van der Waals surface area (Å²) in [6, 6.07) is 6.70. The Hall–Kier alpha value is -1.88. The lowest BCUT2D eigenvalue weighted by Gasteiger charge is -2.23. The van der Waals surface area contributed by atoms with Crippen LogP contribution in [0.3, 0.4) is 0 Å². The highest BCUT2D eigenvalue weighted by Crippen LogP contribution is 2.12. The van der Waals surface area contributed by atoms with Crippen LogP contribution >= 0.6 is 0 Å². The maximum Gasteiger partial charge on any atom is 0.320 e. The summed E-state index contributed by atoms with van der Waals surface area (Å²) in [5, 5.41) is 21.3. The van der Waals surface area contributed by atoms with Gasteiger partial charge in [0, 0.05) is 6.04 Å². The third-order valence-electron chi connectivity index (χ3n) is 3.47. The van der Waals surface area contributed by atoms with Crippen molar-refractivity contribution in [3.05, 3.63) is 35.4 Å². The monoisotopic (exact) mass is 307 g/mol. The van der Waals surface area contributed by atoms with Gasteiger partial charge in [-0.15, -0.1) is 0 Å². The molecule has 3 N–H and O–H groups in total. The molecule has 1 aromatic rings. The van der Waals surface area contributed by atoms with E-state index in [4.69, 9.17) is 5.11 Å². The van der Waals surface area contributed by atoms with Gasteiger partial charge in [-0.1, -0.05) is 43.7 Å². The molecule has 22 heavy (non-hydrogen) atoms. The zero-order valence-corrected chi connectivity index (χ0v) is 13.4. The minimum Gasteiger partial charge on any atom is -0.481 e. The second-order valence-corrected chi connectivity index (χ2v) is 6.17. The largest absolute Gasteiger partial charge is 0.481 e. The highest BCUT2D eigenvalue weighted by atomic mass is 16.4. The number of hydrogen-bond acceptors (Lipinski definition) is 3. The Kier molecular flexibility index (Phi) is 7.05. The lowest BCUT2D eigenvalue weighted by Crippen LogP contribution is -2.46. The fraction of sp³-hybridized carbons (Fsp3) is 0.529. The number of carboxylic acid groups (broad SMARTS) is 2. The van der Waals surface area contributed by atoms with Crippen LogP contribution in [-0.2, 0) is 16.0 Å². The summed E-state index contributed by atoms with van der Waals surface area (Å²) in [5.41, 5.74) is 2.13. The van der Waals surface area contributed by atoms with E-state index in [0.717, 1.165) is 11.1 Å². The molecule has 5 heteroatoms. The Morgan fingerprint density at radius 3 is 2.18 bits per heavy atom. The zero-order valence-electron chi connectivity index (χ0n) is 13.4. The molecular weight excluding hydrogens is 282 g/mol. The Bertz CT molecular complexity index is 496. The molecule has 0 heterocycles. The van der Waals surface area contributed by atoms with E-state index in [1.807, 2.05) is 45.0 Å². The number of rotatable bonds is 9. The molecule has 1 aromatic carbocycles. The first kappa shape index (κ1) is 18.2. The maximum atomic E-state index is 11.3. The summed E-state index contributed by atoms with van der Waals surface area (Å²) in [5.74, 6) is -1.65. The number of aryl methyl sites for hydroxylation is 1. The third kappa shape index (κ3) is 6.72. The van der Waals surface area contributed by atoms with Crippen LogP contribution < -0.4 is 5.32 Å². The standard InChI is InChI=1S/C17H25NO4/c1-11(2)8-15(17(21)22)18-14(10-16(19)20)9-13-6-4-12(3)5-7-13/h4-7,11,14-15,18H,8-10H2,1-3H3,(H,19,20)(H,21,22)/t14-,15?/m1/s1. The molecule has 0 aromatic heterocycles. The van der Waals surface area contributed by atoms with E-state index in [-0.39, 0.29) is 12.3 Å². The molecule has 0 aliphatic rings. The van der Waals surface area contributed by atoms with Crippen molar-refractivity contribution >= 4 is 11.9 Å². The van der Waals surface area contributed by atoms with Gasteiger partial charge in [0.05, 0.1) is 6.42 Å². The van der Waals surface area contributed by atoms with E-state index >= 15 is 0 Å². The van der Waals surface area contributed by atoms with Crippen LogP contribution in [0.1, 0.15) is 37.8 Å². The Labute approximate surface area is 131 Å². The van der Waals surface area contributed by atoms with Gasteiger partial charge in [-0.2, -0.15) is 0 Å². The number of carboxylic acids is 2. The Morgan fingerprint density at radius 1 is 1.14 bits per heavy atom. The van der Waals surface area contributed by atoms with Crippen molar-refractivity contribution in [3.63, 3.8) is 0 Å². The molecule has 0 amide bonds. The van der Waals surface area contributed by atoms with E-state index in [1.54, 1.807) is 0 Å². The number of hydrogen-bond donors (Lipinski definition) is 3. The predicted octanol–water partition coefficient (Wildman–Crippen LogP) is 2.47. The summed E-state index contributed by atoms with van der Waals surface area (Å²) in [6.07, 6.45) is 0.865. The van der Waals surface area contributed by atoms with Gasteiger partial charge in [-0.3, -0.25) is 9.59 Å². The smallest absolute Gasteiger partial charge is 0.320 e. The second-order valence-electron chi connectivity index (χ2n) is 6.17. The fourth-order valence-electron chi connectivity index (χ4n) is 2.41. The van der Waals surface area contributed by atoms with Crippen molar-refractivity contribution < 1.29 is 19.8 Å². The van der Waals surface area contributed by atoms with Gasteiger partial charge in [0.1, 0.15) is 6.04 Å². The minimum absolute atomic E-state index is 0.101. The molecule has 0 aliphatic carbocycles. The molecule has 1 rings (SSSR count). The average Bonchev–Trinajstić information content (AvgIpc) is 2.39. The molecule has 0 bridgehead atoms. The van der Waals surface area contributed by atoms with Gasteiger partial charge in [-0.25, -0.2) is 0 Å². The summed E-state index contributed by atoms with van der Waals surface area (Å²) in [7, 11) is 0. The molecule has 2 atom stereocenters. The van der Waals surface area contributed by atoms with Crippen LogP contribution in [0.15, 0.2) is 24.3 Å². The highest BCUT2D eigenvalue weighted by Gasteiger charge is 2.24. The fourth-order valence-corrected chi connectivity index (χ4v) is 2.41. The van der Waals surface area contributed by atoms with Crippen LogP contribution in [0.5, 0.6) is 0 Å². The molecule has 0 radical (unpaired) electrons. The van der Waals surface area contributed by atoms with E-state index < -0.39 is 24.0 Å². The maximum absolute atomic E-state index is 11.3. The van der Waals surface area contributed by atoms with Gasteiger partial charge in [0.2, 0.25) is 0 Å². The summed E-state index contributed by atoms with van der Waals surface area (Å²) < 4.78 is 0. The van der Waals surface area contributed by atoms with E-state index in [9.17, 15) is 14.7 Å². The average molecular weight is 307 g/mol. The van der Waals surface area contributed by atoms with Crippen molar-refractivity contribution in [1.29, 1.82) is 0 Å². The number of benzene rings is 1. The van der Waals surface area contributed by atoms with Crippen molar-refractivity contribution in [2.75, 3.05) is 0 Å². The van der Waals surface area contributed by atoms with Crippen LogP contribution in [0.2, 0.25) is 0 Å². The Morgan fingerprint density at radius 2 is 1.73 bits per heavy atom. The van der Waals surface area contributed by atoms with Gasteiger partial charge < -0.3 is 15.5 Å². The molecule has 0 saturated heterocycles. The molecular formula is C17H25NO4. The van der Waals surface area contributed by atoms with Crippen LogP contribution in [0, 0.1) is 12.8 Å². The first-order valence-corrected chi connectivity index (χ1v) is 7.54. The van der Waals surface area contributed by atoms with Crippen LogP contribution in [0.4, 0.5) is 0 Å². The number of aliphatic carboxylic acids is 2. The summed E-state index contributed by atoms with van der Waals surface area (Å²) in [4.78, 5) is 22.4. The molecule has 0 spiro atoms. The predicted molar refractivity (Wildman–Crippen MR) is 84.9 cm³/mol. The van der Waals surface area contributed by atoms with Gasteiger partial charge in [-0.05, 0) is 31.2 Å². The number of carbonyl (C=O) groups is 2. The van der Waals surface area contributed by atoms with Crippen molar-refractivity contribution in [3.8, 4) is 0 Å². The van der Waals surface area contributed by atoms with E-state index in [1.165, 1.54) is 0 Å². The van der Waals surface area contributed by atoms with Crippen molar-refractivity contribution in [2.24, 2.45) is 5.92 Å². The van der Waals surface area contributed by atoms with Gasteiger partial charge in [0.25, 0.3) is 0 Å². The first-order chi connectivity index (χ1) is 10.3. The number of nitrogens with one attached hydrogen (secondary N) is 1. The SMILES string of the molecule is Cc1ccc(C[C@H](CC(=O)O)NC(CC(C)C)C(=O)O)cc1. The molecule has 0 saturated carbocycles. The van der Waals surface area contributed by atoms with Gasteiger partial charge >= 0.3 is 11.9 Å². The molecule has 5 nitrogen and oxygen atoms in total. The molecule has 122 valence electrons. The molecule has 0 fully saturated rings. The quantitative estimate of drug-likeness (QED) is 0.652. The summed E-state index contributed by atoms with van der Waals surface area (Å²) in [6.45, 7) is 5.88.